The maximum Gasteiger partial charge on any atom is 0.243 e. The number of benzene rings is 1. The molecule has 6 nitrogen and oxygen atoms in total. The average Bonchev–Trinajstić information content (AvgIpc) is 3.03. The van der Waals surface area contributed by atoms with E-state index in [9.17, 15) is 9.18 Å². The topological polar surface area (TPSA) is 60.0 Å². The second-order valence-electron chi connectivity index (χ2n) is 6.16. The van der Waals surface area contributed by atoms with Crippen LogP contribution < -0.4 is 15.5 Å². The van der Waals surface area contributed by atoms with Crippen LogP contribution in [0.4, 0.5) is 10.1 Å². The number of likely N-dealkylation sites (N-methyl/N-ethyl adjacent to an activating group) is 1. The lowest BCUT2D eigenvalue weighted by molar-refractivity contribution is -0.127. The molecule has 1 saturated heterocycles. The van der Waals surface area contributed by atoms with Crippen LogP contribution >= 0.6 is 11.6 Å². The fourth-order valence-corrected chi connectivity index (χ4v) is 2.71. The zero-order valence-corrected chi connectivity index (χ0v) is 15.6. The second-order valence-corrected chi connectivity index (χ2v) is 6.56. The highest BCUT2D eigenvalue weighted by Crippen LogP contribution is 2.24. The summed E-state index contributed by atoms with van der Waals surface area (Å²) in [5, 5.41) is 6.62. The van der Waals surface area contributed by atoms with Gasteiger partial charge in [-0.1, -0.05) is 11.6 Å². The van der Waals surface area contributed by atoms with Crippen molar-refractivity contribution in [3.05, 3.63) is 29.0 Å². The summed E-state index contributed by atoms with van der Waals surface area (Å²) in [7, 11) is 3.41. The number of carbonyl (C=O) groups excluding carboxylic acids is 1. The third kappa shape index (κ3) is 5.49. The van der Waals surface area contributed by atoms with E-state index in [1.54, 1.807) is 20.2 Å². The van der Waals surface area contributed by atoms with Gasteiger partial charge in [-0.05, 0) is 31.5 Å². The van der Waals surface area contributed by atoms with E-state index < -0.39 is 5.82 Å². The number of amides is 1. The van der Waals surface area contributed by atoms with Gasteiger partial charge < -0.3 is 20.4 Å². The Hall–Kier alpha value is -2.02. The van der Waals surface area contributed by atoms with Gasteiger partial charge in [-0.3, -0.25) is 4.79 Å². The molecule has 1 aromatic rings. The van der Waals surface area contributed by atoms with Crippen LogP contribution in [0.25, 0.3) is 0 Å². The van der Waals surface area contributed by atoms with Crippen molar-refractivity contribution in [3.8, 4) is 0 Å². The number of hydrogen-bond donors (Lipinski definition) is 2. The van der Waals surface area contributed by atoms with Crippen LogP contribution in [0, 0.1) is 5.82 Å². The molecule has 2 N–H and O–H groups in total. The predicted octanol–water partition coefficient (Wildman–Crippen LogP) is 1.70. The predicted molar refractivity (Wildman–Crippen MR) is 99.8 cm³/mol. The molecule has 1 aliphatic heterocycles. The van der Waals surface area contributed by atoms with Gasteiger partial charge in [0.1, 0.15) is 12.4 Å². The number of hydrogen-bond acceptors (Lipinski definition) is 3. The maximum atomic E-state index is 13.6. The van der Waals surface area contributed by atoms with E-state index in [1.807, 2.05) is 13.0 Å². The molecule has 8 heteroatoms. The van der Waals surface area contributed by atoms with E-state index in [0.717, 1.165) is 25.2 Å². The van der Waals surface area contributed by atoms with Crippen LogP contribution in [0.2, 0.25) is 5.02 Å². The molecule has 0 bridgehead atoms. The molecular weight excluding hydrogens is 345 g/mol. The first-order valence-electron chi connectivity index (χ1n) is 8.35. The SMILES string of the molecule is CCNC(=NCC(=O)N(C)C)NC1CCN(c2ccc(Cl)c(F)c2)C1. The summed E-state index contributed by atoms with van der Waals surface area (Å²) in [5.74, 6) is 0.154. The first-order valence-corrected chi connectivity index (χ1v) is 8.73. The van der Waals surface area contributed by atoms with Crippen molar-refractivity contribution in [2.75, 3.05) is 45.2 Å². The largest absolute Gasteiger partial charge is 0.369 e. The summed E-state index contributed by atoms with van der Waals surface area (Å²) in [6.07, 6.45) is 0.899. The van der Waals surface area contributed by atoms with Crippen LogP contribution in [0.3, 0.4) is 0 Å². The van der Waals surface area contributed by atoms with Gasteiger partial charge in [-0.15, -0.1) is 0 Å². The minimum atomic E-state index is -0.410. The Morgan fingerprint density at radius 1 is 1.48 bits per heavy atom. The molecular formula is C17H25ClFN5O. The van der Waals surface area contributed by atoms with E-state index >= 15 is 0 Å². The molecule has 0 spiro atoms. The van der Waals surface area contributed by atoms with Crippen molar-refractivity contribution >= 4 is 29.2 Å². The maximum absolute atomic E-state index is 13.6. The Bertz CT molecular complexity index is 637. The summed E-state index contributed by atoms with van der Waals surface area (Å²) < 4.78 is 13.6. The highest BCUT2D eigenvalue weighted by molar-refractivity contribution is 6.30. The molecule has 1 atom stereocenters. The van der Waals surface area contributed by atoms with Crippen LogP contribution in [0.1, 0.15) is 13.3 Å². The highest BCUT2D eigenvalue weighted by atomic mass is 35.5. The minimum Gasteiger partial charge on any atom is -0.369 e. The molecule has 1 fully saturated rings. The van der Waals surface area contributed by atoms with Gasteiger partial charge in [0.2, 0.25) is 5.91 Å². The number of guanidine groups is 1. The molecule has 0 radical (unpaired) electrons. The van der Waals surface area contributed by atoms with Gasteiger partial charge >= 0.3 is 0 Å². The number of anilines is 1. The highest BCUT2D eigenvalue weighted by Gasteiger charge is 2.24. The molecule has 0 aliphatic carbocycles. The molecule has 1 aliphatic rings. The van der Waals surface area contributed by atoms with Gasteiger partial charge in [0.25, 0.3) is 0 Å². The summed E-state index contributed by atoms with van der Waals surface area (Å²) in [4.78, 5) is 19.6. The number of aliphatic imine (C=N–C) groups is 1. The molecule has 2 rings (SSSR count). The monoisotopic (exact) mass is 369 g/mol. The molecule has 1 heterocycles. The first-order chi connectivity index (χ1) is 11.9. The van der Waals surface area contributed by atoms with Crippen LogP contribution in [0.15, 0.2) is 23.2 Å². The minimum absolute atomic E-state index is 0.0538. The zero-order chi connectivity index (χ0) is 18.4. The van der Waals surface area contributed by atoms with E-state index in [-0.39, 0.29) is 23.5 Å². The van der Waals surface area contributed by atoms with Crippen LogP contribution in [-0.4, -0.2) is 63.1 Å². The normalized spacial score (nSPS) is 17.6. The van der Waals surface area contributed by atoms with Gasteiger partial charge in [0.15, 0.2) is 5.96 Å². The number of nitrogens with zero attached hydrogens (tertiary/aromatic N) is 3. The Kier molecular flexibility index (Phi) is 6.87. The van der Waals surface area contributed by atoms with E-state index in [4.69, 9.17) is 11.6 Å². The number of nitrogens with one attached hydrogen (secondary N) is 2. The fourth-order valence-electron chi connectivity index (χ4n) is 2.60. The fraction of sp³-hybridized carbons (Fsp3) is 0.529. The quantitative estimate of drug-likeness (QED) is 0.612. The molecule has 0 saturated carbocycles. The number of carbonyl (C=O) groups is 1. The Labute approximate surface area is 153 Å². The third-order valence-electron chi connectivity index (χ3n) is 4.01. The Morgan fingerprint density at radius 2 is 2.24 bits per heavy atom. The van der Waals surface area contributed by atoms with E-state index in [0.29, 0.717) is 12.5 Å². The van der Waals surface area contributed by atoms with Crippen molar-refractivity contribution in [2.24, 2.45) is 4.99 Å². The van der Waals surface area contributed by atoms with E-state index in [2.05, 4.69) is 20.5 Å². The standard InChI is InChI=1S/C17H25ClFN5O/c1-4-20-17(21-10-16(25)23(2)3)22-12-7-8-24(11-12)13-5-6-14(18)15(19)9-13/h5-6,9,12H,4,7-8,10-11H2,1-3H3,(H2,20,21,22). The molecule has 25 heavy (non-hydrogen) atoms. The summed E-state index contributed by atoms with van der Waals surface area (Å²) >= 11 is 5.74. The van der Waals surface area contributed by atoms with Gasteiger partial charge in [-0.2, -0.15) is 0 Å². The van der Waals surface area contributed by atoms with Gasteiger partial charge in [-0.25, -0.2) is 9.38 Å². The van der Waals surface area contributed by atoms with Crippen molar-refractivity contribution in [3.63, 3.8) is 0 Å². The van der Waals surface area contributed by atoms with E-state index in [1.165, 1.54) is 11.0 Å². The van der Waals surface area contributed by atoms with Crippen molar-refractivity contribution in [1.82, 2.24) is 15.5 Å². The summed E-state index contributed by atoms with van der Waals surface area (Å²) in [5.41, 5.74) is 0.816. The third-order valence-corrected chi connectivity index (χ3v) is 4.32. The molecule has 0 aromatic heterocycles. The second kappa shape index (κ2) is 8.89. The summed E-state index contributed by atoms with van der Waals surface area (Å²) in [6, 6.07) is 5.03. The van der Waals surface area contributed by atoms with Crippen molar-refractivity contribution in [1.29, 1.82) is 0 Å². The van der Waals surface area contributed by atoms with Gasteiger partial charge in [0, 0.05) is 45.5 Å². The lowest BCUT2D eigenvalue weighted by Gasteiger charge is -2.20. The lowest BCUT2D eigenvalue weighted by atomic mass is 10.2. The molecule has 1 amide bonds. The number of rotatable bonds is 5. The average molecular weight is 370 g/mol. The zero-order valence-electron chi connectivity index (χ0n) is 14.9. The molecule has 1 aromatic carbocycles. The summed E-state index contributed by atoms with van der Waals surface area (Å²) in [6.45, 7) is 4.33. The Morgan fingerprint density at radius 3 is 2.88 bits per heavy atom. The van der Waals surface area contributed by atoms with Crippen LogP contribution in [0.5, 0.6) is 0 Å². The number of halogens is 2. The van der Waals surface area contributed by atoms with Crippen molar-refractivity contribution < 1.29 is 9.18 Å². The smallest absolute Gasteiger partial charge is 0.243 e. The Balaban J connectivity index is 1.96. The van der Waals surface area contributed by atoms with Gasteiger partial charge in [0.05, 0.1) is 5.02 Å². The molecule has 138 valence electrons. The first kappa shape index (κ1) is 19.3. The lowest BCUT2D eigenvalue weighted by Crippen LogP contribution is -2.45. The van der Waals surface area contributed by atoms with Crippen LogP contribution in [-0.2, 0) is 4.79 Å². The van der Waals surface area contributed by atoms with Crippen molar-refractivity contribution in [2.45, 2.75) is 19.4 Å². The molecule has 1 unspecified atom stereocenters.